The number of hydrogen-bond acceptors (Lipinski definition) is 8. The molecule has 0 amide bonds. The molecule has 0 aliphatic rings. The van der Waals surface area contributed by atoms with Crippen molar-refractivity contribution >= 4 is 57.2 Å². The predicted molar refractivity (Wildman–Crippen MR) is 138 cm³/mol. The van der Waals surface area contributed by atoms with Crippen LogP contribution in [-0.4, -0.2) is 30.5 Å². The van der Waals surface area contributed by atoms with Crippen LogP contribution in [0.3, 0.4) is 0 Å². The van der Waals surface area contributed by atoms with Crippen molar-refractivity contribution in [2.45, 2.75) is 12.1 Å². The average Bonchev–Trinajstić information content (AvgIpc) is 3.25. The van der Waals surface area contributed by atoms with Gasteiger partial charge in [0.25, 0.3) is 5.69 Å². The Balaban J connectivity index is 1.76. The van der Waals surface area contributed by atoms with Gasteiger partial charge in [-0.25, -0.2) is 0 Å². The Morgan fingerprint density at radius 3 is 2.46 bits per heavy atom. The highest BCUT2D eigenvalue weighted by atomic mass is 35.5. The number of nitrogens with zero attached hydrogens (tertiary/aromatic N) is 5. The second-order valence-corrected chi connectivity index (χ2v) is 8.86. The second-order valence-electron chi connectivity index (χ2n) is 7.06. The van der Waals surface area contributed by atoms with E-state index in [1.165, 1.54) is 19.1 Å². The number of benzene rings is 3. The molecule has 0 aliphatic carbocycles. The molecule has 1 heterocycles. The van der Waals surface area contributed by atoms with Crippen LogP contribution in [0.2, 0.25) is 10.0 Å². The SMILES string of the molecule is CC(=O)C(=NNc1ccccc1[N+](=O)[O-])Sc1nnc(-c2ccc(Cl)cc2Cl)n1-c1ccccc1. The number of carbonyl (C=O) groups is 1. The van der Waals surface area contributed by atoms with Crippen LogP contribution in [-0.2, 0) is 4.79 Å². The number of nitrogens with one attached hydrogen (secondary N) is 1. The Hall–Kier alpha value is -3.73. The van der Waals surface area contributed by atoms with Crippen molar-refractivity contribution in [3.05, 3.63) is 93.0 Å². The van der Waals surface area contributed by atoms with Gasteiger partial charge in [0, 0.05) is 29.3 Å². The number of carbonyl (C=O) groups excluding carboxylic acids is 1. The zero-order chi connectivity index (χ0) is 24.9. The van der Waals surface area contributed by atoms with E-state index in [2.05, 4.69) is 20.7 Å². The first-order chi connectivity index (χ1) is 16.8. The standard InChI is InChI=1S/C23H16Cl2N6O3S/c1-14(32)22(28-26-19-9-5-6-10-20(19)31(33)34)35-23-29-27-21(17-12-11-15(24)13-18(17)25)30(23)16-7-3-2-4-8-16/h2-13,26H,1H3. The maximum atomic E-state index is 12.4. The quantitative estimate of drug-likeness (QED) is 0.0992. The Bertz CT molecular complexity index is 1440. The molecular formula is C23H16Cl2N6O3S. The number of para-hydroxylation sites is 3. The zero-order valence-corrected chi connectivity index (χ0v) is 20.4. The fourth-order valence-corrected chi connectivity index (χ4v) is 4.36. The van der Waals surface area contributed by atoms with Gasteiger partial charge in [-0.3, -0.25) is 24.9 Å². The van der Waals surface area contributed by atoms with Crippen LogP contribution < -0.4 is 5.43 Å². The molecule has 176 valence electrons. The molecule has 1 N–H and O–H groups in total. The summed E-state index contributed by atoms with van der Waals surface area (Å²) in [4.78, 5) is 23.1. The lowest BCUT2D eigenvalue weighted by molar-refractivity contribution is -0.384. The molecular weight excluding hydrogens is 511 g/mol. The number of aromatic nitrogens is 3. The molecule has 12 heteroatoms. The predicted octanol–water partition coefficient (Wildman–Crippen LogP) is 6.26. The summed E-state index contributed by atoms with van der Waals surface area (Å²) in [6.07, 6.45) is 0. The molecule has 9 nitrogen and oxygen atoms in total. The summed E-state index contributed by atoms with van der Waals surface area (Å²) < 4.78 is 1.74. The van der Waals surface area contributed by atoms with E-state index in [9.17, 15) is 14.9 Å². The van der Waals surface area contributed by atoms with Gasteiger partial charge in [-0.1, -0.05) is 53.5 Å². The summed E-state index contributed by atoms with van der Waals surface area (Å²) >= 11 is 13.4. The number of nitro groups is 1. The summed E-state index contributed by atoms with van der Waals surface area (Å²) in [6.45, 7) is 1.34. The van der Waals surface area contributed by atoms with Gasteiger partial charge in [-0.2, -0.15) is 5.10 Å². The van der Waals surface area contributed by atoms with Crippen molar-refractivity contribution in [2.24, 2.45) is 5.10 Å². The first kappa shape index (κ1) is 24.4. The minimum atomic E-state index is -0.535. The molecule has 4 aromatic rings. The van der Waals surface area contributed by atoms with Crippen LogP contribution in [0.4, 0.5) is 11.4 Å². The first-order valence-electron chi connectivity index (χ1n) is 10.1. The van der Waals surface area contributed by atoms with Crippen LogP contribution in [0.1, 0.15) is 6.92 Å². The van der Waals surface area contributed by atoms with Crippen molar-refractivity contribution in [2.75, 3.05) is 5.43 Å². The van der Waals surface area contributed by atoms with Gasteiger partial charge in [0.1, 0.15) is 5.69 Å². The van der Waals surface area contributed by atoms with Crippen LogP contribution in [0.15, 0.2) is 83.1 Å². The number of anilines is 1. The third kappa shape index (κ3) is 5.51. The van der Waals surface area contributed by atoms with Crippen LogP contribution in [0.5, 0.6) is 0 Å². The number of rotatable bonds is 7. The molecule has 1 aromatic heterocycles. The van der Waals surface area contributed by atoms with Gasteiger partial charge < -0.3 is 0 Å². The van der Waals surface area contributed by atoms with Gasteiger partial charge in [0.05, 0.1) is 9.95 Å². The maximum Gasteiger partial charge on any atom is 0.294 e. The van der Waals surface area contributed by atoms with E-state index in [0.717, 1.165) is 17.4 Å². The molecule has 0 saturated carbocycles. The molecule has 0 spiro atoms. The minimum Gasteiger partial charge on any atom is -0.292 e. The van der Waals surface area contributed by atoms with Crippen molar-refractivity contribution < 1.29 is 9.72 Å². The van der Waals surface area contributed by atoms with E-state index in [1.54, 1.807) is 34.9 Å². The van der Waals surface area contributed by atoms with Gasteiger partial charge in [0.2, 0.25) is 5.16 Å². The van der Waals surface area contributed by atoms with Crippen LogP contribution >= 0.6 is 35.0 Å². The number of hydrogen-bond donors (Lipinski definition) is 1. The normalized spacial score (nSPS) is 11.3. The van der Waals surface area contributed by atoms with E-state index in [1.807, 2.05) is 30.3 Å². The number of hydrazone groups is 1. The number of nitro benzene ring substituents is 1. The lowest BCUT2D eigenvalue weighted by Crippen LogP contribution is -2.10. The lowest BCUT2D eigenvalue weighted by atomic mass is 10.2. The number of thioether (sulfide) groups is 1. The van der Waals surface area contributed by atoms with E-state index in [0.29, 0.717) is 26.6 Å². The molecule has 0 fully saturated rings. The Labute approximate surface area is 213 Å². The van der Waals surface area contributed by atoms with E-state index in [4.69, 9.17) is 23.2 Å². The molecule has 0 bridgehead atoms. The van der Waals surface area contributed by atoms with Crippen molar-refractivity contribution in [3.8, 4) is 17.1 Å². The highest BCUT2D eigenvalue weighted by Gasteiger charge is 2.22. The number of ketones is 1. The number of Topliss-reactive ketones (excluding diaryl/α,β-unsaturated/α-hetero) is 1. The van der Waals surface area contributed by atoms with E-state index in [-0.39, 0.29) is 22.2 Å². The van der Waals surface area contributed by atoms with Gasteiger partial charge >= 0.3 is 0 Å². The highest BCUT2D eigenvalue weighted by Crippen LogP contribution is 2.34. The average molecular weight is 527 g/mol. The van der Waals surface area contributed by atoms with Crippen molar-refractivity contribution in [1.29, 1.82) is 0 Å². The van der Waals surface area contributed by atoms with E-state index < -0.39 is 4.92 Å². The molecule has 0 atom stereocenters. The monoisotopic (exact) mass is 526 g/mol. The van der Waals surface area contributed by atoms with Crippen LogP contribution in [0.25, 0.3) is 17.1 Å². The van der Waals surface area contributed by atoms with Crippen LogP contribution in [0, 0.1) is 10.1 Å². The fourth-order valence-electron chi connectivity index (χ4n) is 3.09. The molecule has 0 unspecified atom stereocenters. The summed E-state index contributed by atoms with van der Waals surface area (Å²) in [6, 6.07) is 20.3. The highest BCUT2D eigenvalue weighted by molar-refractivity contribution is 8.15. The Morgan fingerprint density at radius 1 is 1.06 bits per heavy atom. The summed E-state index contributed by atoms with van der Waals surface area (Å²) in [5, 5.41) is 25.2. The number of halogens is 2. The fraction of sp³-hybridized carbons (Fsp3) is 0.0435. The van der Waals surface area contributed by atoms with Gasteiger partial charge in [-0.05, 0) is 48.2 Å². The smallest absolute Gasteiger partial charge is 0.292 e. The summed E-state index contributed by atoms with van der Waals surface area (Å²) in [5.74, 6) is 0.0738. The third-order valence-corrected chi connectivity index (χ3v) is 6.25. The topological polar surface area (TPSA) is 115 Å². The first-order valence-corrected chi connectivity index (χ1v) is 11.6. The largest absolute Gasteiger partial charge is 0.294 e. The second kappa shape index (κ2) is 10.7. The zero-order valence-electron chi connectivity index (χ0n) is 18.1. The Morgan fingerprint density at radius 2 is 1.77 bits per heavy atom. The minimum absolute atomic E-state index is 0.0292. The van der Waals surface area contributed by atoms with Gasteiger partial charge in [-0.15, -0.1) is 10.2 Å². The summed E-state index contributed by atoms with van der Waals surface area (Å²) in [7, 11) is 0. The third-order valence-electron chi connectivity index (χ3n) is 4.69. The molecule has 35 heavy (non-hydrogen) atoms. The molecule has 3 aromatic carbocycles. The lowest BCUT2D eigenvalue weighted by Gasteiger charge is -2.11. The summed E-state index contributed by atoms with van der Waals surface area (Å²) in [5.41, 5.74) is 3.93. The molecule has 0 aliphatic heterocycles. The van der Waals surface area contributed by atoms with E-state index >= 15 is 0 Å². The van der Waals surface area contributed by atoms with Crippen molar-refractivity contribution in [1.82, 2.24) is 14.8 Å². The Kier molecular flexibility index (Phi) is 7.45. The van der Waals surface area contributed by atoms with Gasteiger partial charge in [0.15, 0.2) is 16.7 Å². The molecule has 0 radical (unpaired) electrons. The molecule has 0 saturated heterocycles. The van der Waals surface area contributed by atoms with Crippen molar-refractivity contribution in [3.63, 3.8) is 0 Å². The molecule has 4 rings (SSSR count). The maximum absolute atomic E-state index is 12.4.